The number of rotatable bonds is 7. The highest BCUT2D eigenvalue weighted by Crippen LogP contribution is 2.29. The van der Waals surface area contributed by atoms with Crippen LogP contribution in [0.3, 0.4) is 0 Å². The maximum atomic E-state index is 12.6. The van der Waals surface area contributed by atoms with Gasteiger partial charge in [0, 0.05) is 32.7 Å². The van der Waals surface area contributed by atoms with E-state index in [1.54, 1.807) is 0 Å². The Morgan fingerprint density at radius 3 is 2.10 bits per heavy atom. The van der Waals surface area contributed by atoms with E-state index in [2.05, 4.69) is 39.4 Å². The van der Waals surface area contributed by atoms with Gasteiger partial charge in [-0.1, -0.05) is 60.7 Å². The van der Waals surface area contributed by atoms with Gasteiger partial charge in [-0.25, -0.2) is 0 Å². The number of carbonyl (C=O) groups is 1. The quantitative estimate of drug-likeness (QED) is 0.643. The molecule has 30 heavy (non-hydrogen) atoms. The molecule has 4 rings (SSSR count). The first kappa shape index (κ1) is 20.1. The number of nitrogens with zero attached hydrogens (tertiary/aromatic N) is 2. The molecule has 0 aromatic heterocycles. The smallest absolute Gasteiger partial charge is 0.238 e. The summed E-state index contributed by atoms with van der Waals surface area (Å²) >= 11 is 0. The van der Waals surface area contributed by atoms with Gasteiger partial charge in [0.2, 0.25) is 5.91 Å². The van der Waals surface area contributed by atoms with E-state index < -0.39 is 0 Å². The van der Waals surface area contributed by atoms with Crippen LogP contribution >= 0.6 is 0 Å². The number of piperazine rings is 1. The highest BCUT2D eigenvalue weighted by Gasteiger charge is 2.19. The lowest BCUT2D eigenvalue weighted by atomic mass is 10.2. The van der Waals surface area contributed by atoms with Gasteiger partial charge in [0.1, 0.15) is 5.75 Å². The molecule has 1 amide bonds. The number of anilines is 1. The number of ether oxygens (including phenoxy) is 1. The van der Waals surface area contributed by atoms with Gasteiger partial charge in [0.15, 0.2) is 5.75 Å². The van der Waals surface area contributed by atoms with Gasteiger partial charge >= 0.3 is 0 Å². The van der Waals surface area contributed by atoms with E-state index in [4.69, 9.17) is 4.74 Å². The first-order chi connectivity index (χ1) is 14.8. The van der Waals surface area contributed by atoms with Crippen molar-refractivity contribution in [3.05, 3.63) is 90.5 Å². The van der Waals surface area contributed by atoms with E-state index in [0.29, 0.717) is 18.0 Å². The third-order valence-electron chi connectivity index (χ3n) is 5.21. The van der Waals surface area contributed by atoms with Crippen LogP contribution in [0.2, 0.25) is 0 Å². The Labute approximate surface area is 177 Å². The molecule has 0 bridgehead atoms. The number of benzene rings is 3. The molecule has 154 valence electrons. The van der Waals surface area contributed by atoms with Gasteiger partial charge in [-0.3, -0.25) is 14.6 Å². The van der Waals surface area contributed by atoms with E-state index >= 15 is 0 Å². The Morgan fingerprint density at radius 1 is 0.767 bits per heavy atom. The number of hydrogen-bond acceptors (Lipinski definition) is 4. The minimum absolute atomic E-state index is 0.0179. The van der Waals surface area contributed by atoms with Crippen LogP contribution in [-0.4, -0.2) is 48.4 Å². The van der Waals surface area contributed by atoms with Crippen LogP contribution < -0.4 is 10.1 Å². The molecule has 1 fully saturated rings. The zero-order chi connectivity index (χ0) is 20.6. The van der Waals surface area contributed by atoms with Gasteiger partial charge in [-0.2, -0.15) is 0 Å². The van der Waals surface area contributed by atoms with Crippen LogP contribution in [0, 0.1) is 0 Å². The molecule has 0 saturated carbocycles. The maximum Gasteiger partial charge on any atom is 0.238 e. The summed E-state index contributed by atoms with van der Waals surface area (Å²) in [4.78, 5) is 17.3. The van der Waals surface area contributed by atoms with Crippen molar-refractivity contribution >= 4 is 11.6 Å². The minimum Gasteiger partial charge on any atom is -0.455 e. The Balaban J connectivity index is 1.27. The highest BCUT2D eigenvalue weighted by atomic mass is 16.5. The molecular formula is C25H27N3O2. The molecule has 0 spiro atoms. The number of amides is 1. The van der Waals surface area contributed by atoms with E-state index in [-0.39, 0.29) is 5.91 Å². The molecule has 3 aromatic carbocycles. The lowest BCUT2D eigenvalue weighted by Gasteiger charge is -2.34. The van der Waals surface area contributed by atoms with Crippen molar-refractivity contribution in [3.8, 4) is 11.5 Å². The monoisotopic (exact) mass is 401 g/mol. The van der Waals surface area contributed by atoms with Crippen LogP contribution in [0.25, 0.3) is 0 Å². The molecule has 1 aliphatic heterocycles. The second-order valence-electron chi connectivity index (χ2n) is 7.50. The van der Waals surface area contributed by atoms with Gasteiger partial charge in [-0.15, -0.1) is 0 Å². The predicted octanol–water partition coefficient (Wildman–Crippen LogP) is 4.24. The van der Waals surface area contributed by atoms with Crippen molar-refractivity contribution in [2.45, 2.75) is 6.54 Å². The summed E-state index contributed by atoms with van der Waals surface area (Å²) in [6.07, 6.45) is 0. The second-order valence-corrected chi connectivity index (χ2v) is 7.50. The molecule has 3 aromatic rings. The Morgan fingerprint density at radius 2 is 1.37 bits per heavy atom. The molecule has 1 N–H and O–H groups in total. The standard InChI is InChI=1S/C25H27N3O2/c29-25(20-28-17-15-27(16-18-28)19-21-9-3-1-4-10-21)26-23-13-7-8-14-24(23)30-22-11-5-2-6-12-22/h1-14H,15-20H2,(H,26,29). The average Bonchev–Trinajstić information content (AvgIpc) is 2.78. The van der Waals surface area contributed by atoms with Crippen molar-refractivity contribution in [2.75, 3.05) is 38.0 Å². The lowest BCUT2D eigenvalue weighted by Crippen LogP contribution is -2.48. The Hall–Kier alpha value is -3.15. The predicted molar refractivity (Wildman–Crippen MR) is 120 cm³/mol. The Bertz CT molecular complexity index is 939. The van der Waals surface area contributed by atoms with Gasteiger partial charge in [0.05, 0.1) is 12.2 Å². The van der Waals surface area contributed by atoms with Gasteiger partial charge < -0.3 is 10.1 Å². The minimum atomic E-state index is -0.0179. The fourth-order valence-electron chi connectivity index (χ4n) is 3.61. The molecule has 0 radical (unpaired) electrons. The van der Waals surface area contributed by atoms with E-state index in [1.807, 2.05) is 60.7 Å². The maximum absolute atomic E-state index is 12.6. The zero-order valence-electron chi connectivity index (χ0n) is 17.0. The van der Waals surface area contributed by atoms with Crippen LogP contribution in [0.1, 0.15) is 5.56 Å². The zero-order valence-corrected chi connectivity index (χ0v) is 17.0. The van der Waals surface area contributed by atoms with Crippen molar-refractivity contribution < 1.29 is 9.53 Å². The summed E-state index contributed by atoms with van der Waals surface area (Å²) in [7, 11) is 0. The summed E-state index contributed by atoms with van der Waals surface area (Å²) in [5.74, 6) is 1.37. The summed E-state index contributed by atoms with van der Waals surface area (Å²) in [6.45, 7) is 5.07. The molecule has 5 nitrogen and oxygen atoms in total. The van der Waals surface area contributed by atoms with Crippen LogP contribution in [0.15, 0.2) is 84.9 Å². The normalized spacial score (nSPS) is 14.9. The molecule has 1 aliphatic rings. The highest BCUT2D eigenvalue weighted by molar-refractivity contribution is 5.93. The van der Waals surface area contributed by atoms with Gasteiger partial charge in [-0.05, 0) is 29.8 Å². The lowest BCUT2D eigenvalue weighted by molar-refractivity contribution is -0.117. The summed E-state index contributed by atoms with van der Waals surface area (Å²) in [5.41, 5.74) is 2.02. The fraction of sp³-hybridized carbons (Fsp3) is 0.240. The second kappa shape index (κ2) is 10.1. The van der Waals surface area contributed by atoms with Crippen molar-refractivity contribution in [1.29, 1.82) is 0 Å². The molecule has 0 aliphatic carbocycles. The fourth-order valence-corrected chi connectivity index (χ4v) is 3.61. The SMILES string of the molecule is O=C(CN1CCN(Cc2ccccc2)CC1)Nc1ccccc1Oc1ccccc1. The van der Waals surface area contributed by atoms with E-state index in [9.17, 15) is 4.79 Å². The molecule has 5 heteroatoms. The van der Waals surface area contributed by atoms with Crippen molar-refractivity contribution in [3.63, 3.8) is 0 Å². The first-order valence-corrected chi connectivity index (χ1v) is 10.4. The number of hydrogen-bond donors (Lipinski definition) is 1. The number of para-hydroxylation sites is 3. The third-order valence-corrected chi connectivity index (χ3v) is 5.21. The molecule has 0 atom stereocenters. The Kier molecular flexibility index (Phi) is 6.75. The van der Waals surface area contributed by atoms with Crippen molar-refractivity contribution in [2.24, 2.45) is 0 Å². The van der Waals surface area contributed by atoms with E-state index in [1.165, 1.54) is 5.56 Å². The number of carbonyl (C=O) groups excluding carboxylic acids is 1. The van der Waals surface area contributed by atoms with Crippen LogP contribution in [-0.2, 0) is 11.3 Å². The molecular weight excluding hydrogens is 374 g/mol. The largest absolute Gasteiger partial charge is 0.455 e. The molecule has 1 heterocycles. The van der Waals surface area contributed by atoms with Gasteiger partial charge in [0.25, 0.3) is 0 Å². The summed E-state index contributed by atoms with van der Waals surface area (Å²) < 4.78 is 5.94. The van der Waals surface area contributed by atoms with Crippen molar-refractivity contribution in [1.82, 2.24) is 9.80 Å². The van der Waals surface area contributed by atoms with E-state index in [0.717, 1.165) is 38.5 Å². The van der Waals surface area contributed by atoms with Crippen LogP contribution in [0.5, 0.6) is 11.5 Å². The summed E-state index contributed by atoms with van der Waals surface area (Å²) in [5, 5.41) is 3.01. The molecule has 0 unspecified atom stereocenters. The topological polar surface area (TPSA) is 44.8 Å². The number of nitrogens with one attached hydrogen (secondary N) is 1. The molecule has 1 saturated heterocycles. The average molecular weight is 402 g/mol. The summed E-state index contributed by atoms with van der Waals surface area (Å²) in [6, 6.07) is 27.6. The third kappa shape index (κ3) is 5.69. The first-order valence-electron chi connectivity index (χ1n) is 10.4. The van der Waals surface area contributed by atoms with Crippen LogP contribution in [0.4, 0.5) is 5.69 Å².